The maximum absolute atomic E-state index is 11.7. The molecule has 1 aromatic carbocycles. The Morgan fingerprint density at radius 1 is 1.24 bits per heavy atom. The smallest absolute Gasteiger partial charge is 0.317 e. The van der Waals surface area contributed by atoms with Gasteiger partial charge in [-0.1, -0.05) is 29.8 Å². The Balaban J connectivity index is 2.32. The Morgan fingerprint density at radius 2 is 1.86 bits per heavy atom. The van der Waals surface area contributed by atoms with Crippen molar-refractivity contribution < 1.29 is 14.3 Å². The van der Waals surface area contributed by atoms with Gasteiger partial charge in [0, 0.05) is 15.9 Å². The normalized spacial score (nSPS) is 12.0. The van der Waals surface area contributed by atoms with E-state index in [2.05, 4.69) is 21.2 Å². The van der Waals surface area contributed by atoms with Crippen LogP contribution in [-0.4, -0.2) is 30.3 Å². The molecule has 6 heteroatoms. The van der Waals surface area contributed by atoms with Gasteiger partial charge in [-0.15, -0.1) is 11.8 Å². The maximum Gasteiger partial charge on any atom is 0.317 e. The third-order valence-corrected chi connectivity index (χ3v) is 4.05. The first-order valence-corrected chi connectivity index (χ1v) is 8.52. The zero-order valence-corrected chi connectivity index (χ0v) is 14.8. The number of carbonyl (C=O) groups is 2. The van der Waals surface area contributed by atoms with Gasteiger partial charge < -0.3 is 10.1 Å². The van der Waals surface area contributed by atoms with Crippen molar-refractivity contribution in [3.63, 3.8) is 0 Å². The lowest BCUT2D eigenvalue weighted by molar-refractivity contribution is -0.152. The molecule has 1 N–H and O–H groups in total. The number of hydrogen-bond acceptors (Lipinski definition) is 4. The number of benzene rings is 1. The van der Waals surface area contributed by atoms with E-state index >= 15 is 0 Å². The number of amides is 1. The molecule has 1 amide bonds. The Morgan fingerprint density at radius 3 is 2.43 bits per heavy atom. The van der Waals surface area contributed by atoms with Gasteiger partial charge in [-0.2, -0.15) is 0 Å². The van der Waals surface area contributed by atoms with Gasteiger partial charge in [0.15, 0.2) is 6.10 Å². The van der Waals surface area contributed by atoms with Gasteiger partial charge in [-0.3, -0.25) is 9.59 Å². The van der Waals surface area contributed by atoms with Gasteiger partial charge in [0.2, 0.25) is 0 Å². The molecule has 0 aliphatic heterocycles. The zero-order valence-electron chi connectivity index (χ0n) is 12.4. The molecule has 0 bridgehead atoms. The van der Waals surface area contributed by atoms with Crippen LogP contribution in [0.15, 0.2) is 33.6 Å². The maximum atomic E-state index is 11.7. The molecule has 1 atom stereocenters. The SMILES string of the molecule is CC(C)CNC(=O)[C@H](C)OC(=O)CSc1ccc(Br)cc1. The molecular formula is C15H20BrNO3S. The molecule has 21 heavy (non-hydrogen) atoms. The van der Waals surface area contributed by atoms with Crippen LogP contribution < -0.4 is 5.32 Å². The van der Waals surface area contributed by atoms with Crippen LogP contribution in [-0.2, 0) is 14.3 Å². The predicted molar refractivity (Wildman–Crippen MR) is 88.3 cm³/mol. The highest BCUT2D eigenvalue weighted by Gasteiger charge is 2.17. The lowest BCUT2D eigenvalue weighted by atomic mass is 10.2. The molecule has 0 saturated carbocycles. The predicted octanol–water partition coefficient (Wildman–Crippen LogP) is 3.25. The number of halogens is 1. The second-order valence-electron chi connectivity index (χ2n) is 5.01. The molecule has 0 radical (unpaired) electrons. The molecule has 0 spiro atoms. The highest BCUT2D eigenvalue weighted by atomic mass is 79.9. The van der Waals surface area contributed by atoms with Gasteiger partial charge in [0.25, 0.3) is 5.91 Å². The number of ether oxygens (including phenoxy) is 1. The van der Waals surface area contributed by atoms with Crippen molar-refractivity contribution in [3.05, 3.63) is 28.7 Å². The summed E-state index contributed by atoms with van der Waals surface area (Å²) in [7, 11) is 0. The minimum atomic E-state index is -0.762. The largest absolute Gasteiger partial charge is 0.452 e. The van der Waals surface area contributed by atoms with Crippen molar-refractivity contribution in [2.24, 2.45) is 5.92 Å². The van der Waals surface area contributed by atoms with E-state index in [9.17, 15) is 9.59 Å². The van der Waals surface area contributed by atoms with Crippen molar-refractivity contribution in [1.82, 2.24) is 5.32 Å². The van der Waals surface area contributed by atoms with Gasteiger partial charge in [-0.25, -0.2) is 0 Å². The average Bonchev–Trinajstić information content (AvgIpc) is 2.44. The van der Waals surface area contributed by atoms with Crippen LogP contribution in [0.2, 0.25) is 0 Å². The first-order valence-electron chi connectivity index (χ1n) is 6.74. The number of esters is 1. The molecule has 1 aromatic rings. The molecule has 4 nitrogen and oxygen atoms in total. The number of hydrogen-bond donors (Lipinski definition) is 1. The van der Waals surface area contributed by atoms with E-state index < -0.39 is 12.1 Å². The van der Waals surface area contributed by atoms with Crippen molar-refractivity contribution in [2.45, 2.75) is 31.8 Å². The molecule has 1 rings (SSSR count). The van der Waals surface area contributed by atoms with E-state index in [1.807, 2.05) is 38.1 Å². The van der Waals surface area contributed by atoms with Crippen LogP contribution in [0.1, 0.15) is 20.8 Å². The summed E-state index contributed by atoms with van der Waals surface area (Å²) < 4.78 is 6.10. The first-order chi connectivity index (χ1) is 9.88. The van der Waals surface area contributed by atoms with E-state index in [0.717, 1.165) is 9.37 Å². The van der Waals surface area contributed by atoms with Crippen molar-refractivity contribution in [1.29, 1.82) is 0 Å². The molecule has 0 fully saturated rings. The summed E-state index contributed by atoms with van der Waals surface area (Å²) in [6, 6.07) is 7.66. The summed E-state index contributed by atoms with van der Waals surface area (Å²) in [6.07, 6.45) is -0.762. The molecule has 0 heterocycles. The summed E-state index contributed by atoms with van der Waals surface area (Å²) >= 11 is 4.74. The molecule has 0 aromatic heterocycles. The Labute approximate surface area is 138 Å². The van der Waals surface area contributed by atoms with Crippen LogP contribution in [0.25, 0.3) is 0 Å². The number of thioether (sulfide) groups is 1. The zero-order chi connectivity index (χ0) is 15.8. The minimum Gasteiger partial charge on any atom is -0.452 e. The van der Waals surface area contributed by atoms with Crippen LogP contribution in [0.5, 0.6) is 0 Å². The van der Waals surface area contributed by atoms with E-state index in [1.165, 1.54) is 11.8 Å². The quantitative estimate of drug-likeness (QED) is 0.588. The van der Waals surface area contributed by atoms with E-state index in [-0.39, 0.29) is 11.7 Å². The molecule has 0 unspecified atom stereocenters. The standard InChI is InChI=1S/C15H20BrNO3S/c1-10(2)8-17-15(19)11(3)20-14(18)9-21-13-6-4-12(16)5-7-13/h4-7,10-11H,8-9H2,1-3H3,(H,17,19)/t11-/m0/s1. The van der Waals surface area contributed by atoms with E-state index in [4.69, 9.17) is 4.74 Å². The second-order valence-corrected chi connectivity index (χ2v) is 6.98. The van der Waals surface area contributed by atoms with Gasteiger partial charge >= 0.3 is 5.97 Å². The minimum absolute atomic E-state index is 0.184. The molecule has 0 aliphatic carbocycles. The van der Waals surface area contributed by atoms with Crippen LogP contribution in [0, 0.1) is 5.92 Å². The summed E-state index contributed by atoms with van der Waals surface area (Å²) in [5.41, 5.74) is 0. The second kappa shape index (κ2) is 9.10. The highest BCUT2D eigenvalue weighted by Crippen LogP contribution is 2.20. The van der Waals surface area contributed by atoms with Crippen LogP contribution >= 0.6 is 27.7 Å². The fraction of sp³-hybridized carbons (Fsp3) is 0.467. The highest BCUT2D eigenvalue weighted by molar-refractivity contribution is 9.10. The Bertz CT molecular complexity index is 476. The third-order valence-electron chi connectivity index (χ3n) is 2.53. The number of nitrogens with one attached hydrogen (secondary N) is 1. The fourth-order valence-electron chi connectivity index (χ4n) is 1.41. The molecule has 0 aliphatic rings. The first kappa shape index (κ1) is 18.0. The van der Waals surface area contributed by atoms with Crippen molar-refractivity contribution >= 4 is 39.6 Å². The average molecular weight is 374 g/mol. The number of carbonyl (C=O) groups excluding carboxylic acids is 2. The summed E-state index contributed by atoms with van der Waals surface area (Å²) in [4.78, 5) is 24.4. The van der Waals surface area contributed by atoms with Crippen molar-refractivity contribution in [3.8, 4) is 0 Å². The van der Waals surface area contributed by atoms with Gasteiger partial charge in [0.1, 0.15) is 0 Å². The lowest BCUT2D eigenvalue weighted by Crippen LogP contribution is -2.37. The topological polar surface area (TPSA) is 55.4 Å². The van der Waals surface area contributed by atoms with Crippen LogP contribution in [0.4, 0.5) is 0 Å². The Hall–Kier alpha value is -1.01. The van der Waals surface area contributed by atoms with E-state index in [0.29, 0.717) is 12.5 Å². The fourth-order valence-corrected chi connectivity index (χ4v) is 2.35. The molecular weight excluding hydrogens is 354 g/mol. The summed E-state index contributed by atoms with van der Waals surface area (Å²) in [5, 5.41) is 2.74. The number of rotatable bonds is 7. The summed E-state index contributed by atoms with van der Waals surface area (Å²) in [5.74, 6) is -0.103. The van der Waals surface area contributed by atoms with Gasteiger partial charge in [0.05, 0.1) is 5.75 Å². The Kier molecular flexibility index (Phi) is 7.82. The molecule has 0 saturated heterocycles. The lowest BCUT2D eigenvalue weighted by Gasteiger charge is -2.14. The third kappa shape index (κ3) is 7.52. The van der Waals surface area contributed by atoms with E-state index in [1.54, 1.807) is 6.92 Å². The van der Waals surface area contributed by atoms with Crippen LogP contribution in [0.3, 0.4) is 0 Å². The monoisotopic (exact) mass is 373 g/mol. The van der Waals surface area contributed by atoms with Gasteiger partial charge in [-0.05, 0) is 37.1 Å². The molecule has 116 valence electrons. The van der Waals surface area contributed by atoms with Crippen molar-refractivity contribution in [2.75, 3.05) is 12.3 Å². The summed E-state index contributed by atoms with van der Waals surface area (Å²) in [6.45, 7) is 6.17.